The molecule has 1 aliphatic carbocycles. The summed E-state index contributed by atoms with van der Waals surface area (Å²) >= 11 is 1.52. The van der Waals surface area contributed by atoms with E-state index in [2.05, 4.69) is 15.6 Å². The number of carbonyl (C=O) groups excluding carboxylic acids is 2. The molecule has 0 atom stereocenters. The van der Waals surface area contributed by atoms with Crippen molar-refractivity contribution in [1.29, 1.82) is 5.41 Å². The van der Waals surface area contributed by atoms with Crippen molar-refractivity contribution in [3.63, 3.8) is 0 Å². The Kier molecular flexibility index (Phi) is 6.65. The topological polar surface area (TPSA) is 117 Å². The first kappa shape index (κ1) is 20.6. The number of hydrogen-bond acceptors (Lipinski definition) is 8. The zero-order valence-electron chi connectivity index (χ0n) is 16.3. The fraction of sp³-hybridized carbons (Fsp3) is 0.368. The van der Waals surface area contributed by atoms with Gasteiger partial charge in [0.05, 0.1) is 28.3 Å². The van der Waals surface area contributed by atoms with Crippen LogP contribution >= 0.6 is 11.3 Å². The highest BCUT2D eigenvalue weighted by Gasteiger charge is 2.22. The number of likely N-dealkylation sites (N-methyl/N-ethyl adjacent to an activating group) is 1. The van der Waals surface area contributed by atoms with Crippen molar-refractivity contribution in [2.24, 2.45) is 0 Å². The Balaban J connectivity index is 1.65. The molecular weight excluding hydrogens is 394 g/mol. The predicted octanol–water partition coefficient (Wildman–Crippen LogP) is 1.48. The van der Waals surface area contributed by atoms with Gasteiger partial charge in [0.1, 0.15) is 24.7 Å². The lowest BCUT2D eigenvalue weighted by Crippen LogP contribution is -2.38. The molecule has 29 heavy (non-hydrogen) atoms. The van der Waals surface area contributed by atoms with Gasteiger partial charge in [-0.05, 0) is 25.2 Å². The Morgan fingerprint density at radius 1 is 1.45 bits per heavy atom. The molecule has 0 radical (unpaired) electrons. The van der Waals surface area contributed by atoms with Crippen LogP contribution in [0, 0.1) is 12.3 Å². The first-order chi connectivity index (χ1) is 14.0. The summed E-state index contributed by atoms with van der Waals surface area (Å²) < 4.78 is 10.7. The van der Waals surface area contributed by atoms with Gasteiger partial charge in [0.2, 0.25) is 0 Å². The summed E-state index contributed by atoms with van der Waals surface area (Å²) in [5.41, 5.74) is 3.60. The third kappa shape index (κ3) is 5.02. The van der Waals surface area contributed by atoms with E-state index in [1.165, 1.54) is 16.2 Å². The predicted molar refractivity (Wildman–Crippen MR) is 109 cm³/mol. The summed E-state index contributed by atoms with van der Waals surface area (Å²) in [5, 5.41) is 13.8. The van der Waals surface area contributed by atoms with Gasteiger partial charge in [-0.25, -0.2) is 9.78 Å². The number of aromatic nitrogens is 1. The molecule has 1 aliphatic heterocycles. The number of thiazole rings is 1. The number of ether oxygens (including phenoxy) is 2. The van der Waals surface area contributed by atoms with E-state index < -0.39 is 0 Å². The van der Waals surface area contributed by atoms with Gasteiger partial charge < -0.3 is 30.4 Å². The van der Waals surface area contributed by atoms with Gasteiger partial charge >= 0.3 is 6.09 Å². The SMILES string of the molecule is CN/C(C(=O)NCCN1CCOC1=O)=C1/C=C(OCc2scnc2C)C=CC1=N. The molecule has 1 aromatic heterocycles. The molecule has 0 unspecified atom stereocenters. The average Bonchev–Trinajstić information content (AvgIpc) is 3.30. The van der Waals surface area contributed by atoms with Gasteiger partial charge in [0.15, 0.2) is 0 Å². The summed E-state index contributed by atoms with van der Waals surface area (Å²) in [6, 6.07) is 0. The van der Waals surface area contributed by atoms with E-state index >= 15 is 0 Å². The minimum atomic E-state index is -0.369. The molecule has 10 heteroatoms. The molecule has 9 nitrogen and oxygen atoms in total. The van der Waals surface area contributed by atoms with Crippen LogP contribution in [0.3, 0.4) is 0 Å². The van der Waals surface area contributed by atoms with Crippen LogP contribution in [0.5, 0.6) is 0 Å². The van der Waals surface area contributed by atoms with Gasteiger partial charge in [-0.2, -0.15) is 0 Å². The zero-order valence-corrected chi connectivity index (χ0v) is 17.1. The summed E-state index contributed by atoms with van der Waals surface area (Å²) in [4.78, 5) is 30.8. The molecule has 1 saturated heterocycles. The molecule has 0 aromatic carbocycles. The quantitative estimate of drug-likeness (QED) is 0.552. The molecule has 3 rings (SSSR count). The van der Waals surface area contributed by atoms with E-state index in [4.69, 9.17) is 14.9 Å². The minimum absolute atomic E-state index is 0.203. The Bertz CT molecular complexity index is 902. The third-order valence-electron chi connectivity index (χ3n) is 4.46. The third-order valence-corrected chi connectivity index (χ3v) is 5.37. The highest BCUT2D eigenvalue weighted by Crippen LogP contribution is 2.20. The molecule has 2 amide bonds. The van der Waals surface area contributed by atoms with Crippen LogP contribution < -0.4 is 10.6 Å². The van der Waals surface area contributed by atoms with Crippen LogP contribution in [0.2, 0.25) is 0 Å². The van der Waals surface area contributed by atoms with Crippen molar-refractivity contribution < 1.29 is 19.1 Å². The van der Waals surface area contributed by atoms with Crippen LogP contribution in [0.15, 0.2) is 40.8 Å². The molecule has 1 fully saturated rings. The van der Waals surface area contributed by atoms with E-state index in [1.54, 1.807) is 30.8 Å². The van der Waals surface area contributed by atoms with Crippen LogP contribution in [0.25, 0.3) is 0 Å². The van der Waals surface area contributed by atoms with Crippen LogP contribution in [-0.4, -0.2) is 60.9 Å². The first-order valence-electron chi connectivity index (χ1n) is 9.12. The van der Waals surface area contributed by atoms with Gasteiger partial charge in [-0.15, -0.1) is 11.3 Å². The van der Waals surface area contributed by atoms with E-state index in [0.29, 0.717) is 37.6 Å². The highest BCUT2D eigenvalue weighted by atomic mass is 32.1. The van der Waals surface area contributed by atoms with Crippen molar-refractivity contribution in [2.75, 3.05) is 33.3 Å². The summed E-state index contributed by atoms with van der Waals surface area (Å²) in [6.07, 6.45) is 4.59. The van der Waals surface area contributed by atoms with Crippen LogP contribution in [-0.2, 0) is 20.9 Å². The normalized spacial score (nSPS) is 17.7. The van der Waals surface area contributed by atoms with Gasteiger partial charge in [-0.1, -0.05) is 0 Å². The number of nitrogens with zero attached hydrogens (tertiary/aromatic N) is 2. The maximum atomic E-state index is 12.6. The lowest BCUT2D eigenvalue weighted by molar-refractivity contribution is -0.117. The molecule has 0 spiro atoms. The van der Waals surface area contributed by atoms with Crippen molar-refractivity contribution in [3.8, 4) is 0 Å². The average molecular weight is 417 g/mol. The number of allylic oxidation sites excluding steroid dienone is 4. The lowest BCUT2D eigenvalue weighted by atomic mass is 10.0. The van der Waals surface area contributed by atoms with E-state index in [9.17, 15) is 9.59 Å². The number of carbonyl (C=O) groups is 2. The monoisotopic (exact) mass is 417 g/mol. The number of cyclic esters (lactones) is 1. The number of hydrogen-bond donors (Lipinski definition) is 3. The Morgan fingerprint density at radius 2 is 2.28 bits per heavy atom. The second-order valence-electron chi connectivity index (χ2n) is 6.34. The van der Waals surface area contributed by atoms with E-state index in [1.807, 2.05) is 6.92 Å². The molecule has 2 heterocycles. The molecule has 154 valence electrons. The van der Waals surface area contributed by atoms with E-state index in [0.717, 1.165) is 10.6 Å². The van der Waals surface area contributed by atoms with Crippen LogP contribution in [0.4, 0.5) is 4.79 Å². The molecular formula is C19H23N5O4S. The highest BCUT2D eigenvalue weighted by molar-refractivity contribution is 7.09. The molecule has 0 saturated carbocycles. The first-order valence-corrected chi connectivity index (χ1v) is 10.00. The smallest absolute Gasteiger partial charge is 0.409 e. The molecule has 2 aliphatic rings. The van der Waals surface area contributed by atoms with Gasteiger partial charge in [0.25, 0.3) is 5.91 Å². The summed E-state index contributed by atoms with van der Waals surface area (Å²) in [5.74, 6) is 0.202. The largest absolute Gasteiger partial charge is 0.488 e. The fourth-order valence-electron chi connectivity index (χ4n) is 2.83. The molecule has 3 N–H and O–H groups in total. The fourth-order valence-corrected chi connectivity index (χ4v) is 3.51. The van der Waals surface area contributed by atoms with Crippen molar-refractivity contribution in [3.05, 3.63) is 51.3 Å². The Morgan fingerprint density at radius 3 is 2.93 bits per heavy atom. The van der Waals surface area contributed by atoms with Crippen LogP contribution in [0.1, 0.15) is 10.6 Å². The van der Waals surface area contributed by atoms with Gasteiger partial charge in [0, 0.05) is 25.7 Å². The van der Waals surface area contributed by atoms with Crippen molar-refractivity contribution >= 4 is 29.0 Å². The number of nitrogens with one attached hydrogen (secondary N) is 3. The van der Waals surface area contributed by atoms with Crippen molar-refractivity contribution in [2.45, 2.75) is 13.5 Å². The summed E-state index contributed by atoms with van der Waals surface area (Å²) in [6.45, 7) is 3.84. The zero-order chi connectivity index (χ0) is 20.8. The second kappa shape index (κ2) is 9.37. The number of rotatable bonds is 8. The minimum Gasteiger partial charge on any atom is -0.488 e. The van der Waals surface area contributed by atoms with Crippen molar-refractivity contribution in [1.82, 2.24) is 20.5 Å². The Hall–Kier alpha value is -3.14. The molecule has 1 aromatic rings. The maximum Gasteiger partial charge on any atom is 0.409 e. The maximum absolute atomic E-state index is 12.6. The second-order valence-corrected chi connectivity index (χ2v) is 7.28. The van der Waals surface area contributed by atoms with E-state index in [-0.39, 0.29) is 30.0 Å². The summed E-state index contributed by atoms with van der Waals surface area (Å²) in [7, 11) is 1.63. The lowest BCUT2D eigenvalue weighted by Gasteiger charge is -2.17. The van der Waals surface area contributed by atoms with Gasteiger partial charge in [-0.3, -0.25) is 4.79 Å². The standard InChI is InChI=1S/C19H23N5O4S/c1-12-16(29-11-23-12)10-28-13-3-4-15(20)14(9-13)17(21-2)18(25)22-5-6-24-7-8-27-19(24)26/h3-4,9,11,20-21H,5-8,10H2,1-2H3,(H,22,25)/b17-14-,20-15?. The number of aryl methyl sites for hydroxylation is 1. The molecule has 0 bridgehead atoms. The number of amides is 2. The Labute approximate surface area is 172 Å².